The molecule has 0 spiro atoms. The first kappa shape index (κ1) is 16.6. The van der Waals surface area contributed by atoms with E-state index in [1.807, 2.05) is 30.3 Å². The van der Waals surface area contributed by atoms with Crippen LogP contribution in [0, 0.1) is 6.92 Å². The molecule has 0 radical (unpaired) electrons. The Balaban J connectivity index is 1.75. The van der Waals surface area contributed by atoms with Gasteiger partial charge in [0.2, 0.25) is 5.89 Å². The monoisotopic (exact) mass is 361 g/mol. The quantitative estimate of drug-likeness (QED) is 0.478. The second-order valence-electron chi connectivity index (χ2n) is 5.09. The van der Waals surface area contributed by atoms with E-state index in [1.165, 1.54) is 0 Å². The Bertz CT molecular complexity index is 875. The lowest BCUT2D eigenvalue weighted by molar-refractivity contribution is -0.133. The van der Waals surface area contributed by atoms with Gasteiger partial charge in [-0.2, -0.15) is 0 Å². The highest BCUT2D eigenvalue weighted by Crippen LogP contribution is 2.31. The van der Waals surface area contributed by atoms with Crippen molar-refractivity contribution in [2.75, 3.05) is 0 Å². The van der Waals surface area contributed by atoms with Crippen molar-refractivity contribution in [1.29, 1.82) is 0 Å². The van der Waals surface area contributed by atoms with Crippen LogP contribution in [0.5, 0.6) is 5.75 Å². The highest BCUT2D eigenvalue weighted by Gasteiger charge is 2.17. The Hall–Kier alpha value is -2.30. The van der Waals surface area contributed by atoms with Gasteiger partial charge in [-0.05, 0) is 31.2 Å². The first-order valence-electron chi connectivity index (χ1n) is 7.21. The number of halogens is 2. The van der Waals surface area contributed by atoms with Crippen LogP contribution in [0.2, 0.25) is 10.0 Å². The standard InChI is InChI=1S/C18H13Cl2NO3/c1-11-14(21-18(23-11)12-6-3-2-4-7-12)10-16(22)24-15-9-5-8-13(19)17(15)20/h2-9H,10H2,1H3. The van der Waals surface area contributed by atoms with E-state index < -0.39 is 5.97 Å². The summed E-state index contributed by atoms with van der Waals surface area (Å²) in [5, 5.41) is 0.528. The molecule has 0 amide bonds. The first-order chi connectivity index (χ1) is 11.5. The molecule has 0 atom stereocenters. The number of hydrogen-bond donors (Lipinski definition) is 0. The Morgan fingerprint density at radius 3 is 2.62 bits per heavy atom. The molecule has 3 rings (SSSR count). The second-order valence-corrected chi connectivity index (χ2v) is 5.88. The van der Waals surface area contributed by atoms with Gasteiger partial charge < -0.3 is 9.15 Å². The van der Waals surface area contributed by atoms with E-state index in [1.54, 1.807) is 25.1 Å². The van der Waals surface area contributed by atoms with Gasteiger partial charge in [0.25, 0.3) is 0 Å². The molecule has 6 heteroatoms. The van der Waals surface area contributed by atoms with Gasteiger partial charge in [-0.15, -0.1) is 0 Å². The summed E-state index contributed by atoms with van der Waals surface area (Å²) in [5.41, 5.74) is 1.37. The average Bonchev–Trinajstić information content (AvgIpc) is 2.93. The van der Waals surface area contributed by atoms with E-state index in [4.69, 9.17) is 32.4 Å². The fourth-order valence-corrected chi connectivity index (χ4v) is 2.48. The van der Waals surface area contributed by atoms with Crippen LogP contribution in [0.25, 0.3) is 11.5 Å². The van der Waals surface area contributed by atoms with Crippen LogP contribution in [0.3, 0.4) is 0 Å². The van der Waals surface area contributed by atoms with Gasteiger partial charge in [0, 0.05) is 5.56 Å². The van der Waals surface area contributed by atoms with Crippen LogP contribution in [0.4, 0.5) is 0 Å². The molecule has 3 aromatic rings. The van der Waals surface area contributed by atoms with Crippen LogP contribution in [0.1, 0.15) is 11.5 Å². The molecule has 0 saturated carbocycles. The number of rotatable bonds is 4. The Kier molecular flexibility index (Phi) is 4.88. The van der Waals surface area contributed by atoms with Crippen molar-refractivity contribution < 1.29 is 13.9 Å². The fourth-order valence-electron chi connectivity index (χ4n) is 2.15. The van der Waals surface area contributed by atoms with E-state index in [0.717, 1.165) is 5.56 Å². The number of nitrogens with zero attached hydrogens (tertiary/aromatic N) is 1. The maximum absolute atomic E-state index is 12.1. The van der Waals surface area contributed by atoms with Crippen LogP contribution < -0.4 is 4.74 Å². The minimum atomic E-state index is -0.491. The van der Waals surface area contributed by atoms with Crippen LogP contribution >= 0.6 is 23.2 Å². The molecule has 0 bridgehead atoms. The SMILES string of the molecule is Cc1oc(-c2ccccc2)nc1CC(=O)Oc1cccc(Cl)c1Cl. The number of aromatic nitrogens is 1. The van der Waals surface area contributed by atoms with E-state index in [0.29, 0.717) is 22.4 Å². The summed E-state index contributed by atoms with van der Waals surface area (Å²) < 4.78 is 10.9. The van der Waals surface area contributed by atoms with E-state index in [9.17, 15) is 4.79 Å². The zero-order valence-corrected chi connectivity index (χ0v) is 14.3. The van der Waals surface area contributed by atoms with Gasteiger partial charge in [0.05, 0.1) is 17.1 Å². The maximum atomic E-state index is 12.1. The molecule has 4 nitrogen and oxygen atoms in total. The zero-order chi connectivity index (χ0) is 17.1. The summed E-state index contributed by atoms with van der Waals surface area (Å²) in [7, 11) is 0. The van der Waals surface area contributed by atoms with Crippen molar-refractivity contribution in [3.05, 3.63) is 70.0 Å². The molecule has 0 unspecified atom stereocenters. The lowest BCUT2D eigenvalue weighted by atomic mass is 10.2. The van der Waals surface area contributed by atoms with Crippen LogP contribution in [-0.2, 0) is 11.2 Å². The fraction of sp³-hybridized carbons (Fsp3) is 0.111. The third-order valence-corrected chi connectivity index (χ3v) is 4.17. The zero-order valence-electron chi connectivity index (χ0n) is 12.8. The predicted molar refractivity (Wildman–Crippen MR) is 92.5 cm³/mol. The number of aryl methyl sites for hydroxylation is 1. The number of benzene rings is 2. The van der Waals surface area contributed by atoms with Crippen molar-refractivity contribution in [2.45, 2.75) is 13.3 Å². The Labute approximate surface area is 149 Å². The van der Waals surface area contributed by atoms with E-state index in [2.05, 4.69) is 4.98 Å². The number of carbonyl (C=O) groups is 1. The second kappa shape index (κ2) is 7.07. The molecule has 24 heavy (non-hydrogen) atoms. The van der Waals surface area contributed by atoms with Crippen LogP contribution in [-0.4, -0.2) is 11.0 Å². The summed E-state index contributed by atoms with van der Waals surface area (Å²) in [6.45, 7) is 1.76. The molecule has 0 aliphatic heterocycles. The van der Waals surface area contributed by atoms with Crippen molar-refractivity contribution in [1.82, 2.24) is 4.98 Å². The molecule has 0 aliphatic rings. The minimum Gasteiger partial charge on any atom is -0.441 e. The van der Waals surface area contributed by atoms with E-state index in [-0.39, 0.29) is 17.2 Å². The Morgan fingerprint density at radius 2 is 1.88 bits per heavy atom. The summed E-state index contributed by atoms with van der Waals surface area (Å²) in [4.78, 5) is 16.5. The molecule has 122 valence electrons. The lowest BCUT2D eigenvalue weighted by Gasteiger charge is -2.06. The highest BCUT2D eigenvalue weighted by molar-refractivity contribution is 6.43. The van der Waals surface area contributed by atoms with Crippen LogP contribution in [0.15, 0.2) is 52.9 Å². The largest absolute Gasteiger partial charge is 0.441 e. The molecule has 1 heterocycles. The van der Waals surface area contributed by atoms with Crippen molar-refractivity contribution in [3.63, 3.8) is 0 Å². The Morgan fingerprint density at radius 1 is 1.12 bits per heavy atom. The topological polar surface area (TPSA) is 52.3 Å². The number of hydrogen-bond acceptors (Lipinski definition) is 4. The van der Waals surface area contributed by atoms with Gasteiger partial charge in [0.15, 0.2) is 5.75 Å². The normalized spacial score (nSPS) is 10.6. The van der Waals surface area contributed by atoms with E-state index >= 15 is 0 Å². The molecule has 1 aromatic heterocycles. The molecule has 2 aromatic carbocycles. The van der Waals surface area contributed by atoms with Gasteiger partial charge in [0.1, 0.15) is 10.8 Å². The van der Waals surface area contributed by atoms with Crippen molar-refractivity contribution >= 4 is 29.2 Å². The summed E-state index contributed by atoms with van der Waals surface area (Å²) >= 11 is 11.9. The van der Waals surface area contributed by atoms with Gasteiger partial charge in [-0.1, -0.05) is 47.5 Å². The molecule has 0 N–H and O–H groups in total. The molecule has 0 aliphatic carbocycles. The minimum absolute atomic E-state index is 0.0228. The number of carbonyl (C=O) groups excluding carboxylic acids is 1. The summed E-state index contributed by atoms with van der Waals surface area (Å²) in [6, 6.07) is 14.3. The van der Waals surface area contributed by atoms with Crippen molar-refractivity contribution in [2.24, 2.45) is 0 Å². The highest BCUT2D eigenvalue weighted by atomic mass is 35.5. The predicted octanol–water partition coefficient (Wildman–Crippen LogP) is 5.10. The van der Waals surface area contributed by atoms with Gasteiger partial charge in [-0.25, -0.2) is 4.98 Å². The molecule has 0 saturated heterocycles. The van der Waals surface area contributed by atoms with Crippen molar-refractivity contribution in [3.8, 4) is 17.2 Å². The summed E-state index contributed by atoms with van der Waals surface area (Å²) in [5.74, 6) is 0.772. The van der Waals surface area contributed by atoms with Gasteiger partial charge >= 0.3 is 5.97 Å². The van der Waals surface area contributed by atoms with Gasteiger partial charge in [-0.3, -0.25) is 4.79 Å². The molecular weight excluding hydrogens is 349 g/mol. The third kappa shape index (κ3) is 3.61. The number of esters is 1. The maximum Gasteiger partial charge on any atom is 0.317 e. The number of oxazole rings is 1. The third-order valence-electron chi connectivity index (χ3n) is 3.37. The first-order valence-corrected chi connectivity index (χ1v) is 7.96. The lowest BCUT2D eigenvalue weighted by Crippen LogP contribution is -2.12. The smallest absolute Gasteiger partial charge is 0.317 e. The molecular formula is C18H13Cl2NO3. The average molecular weight is 362 g/mol. The summed E-state index contributed by atoms with van der Waals surface area (Å²) in [6.07, 6.45) is -0.0228. The molecule has 0 fully saturated rings. The number of ether oxygens (including phenoxy) is 1.